The maximum Gasteiger partial charge on any atom is 0.337 e. The van der Waals surface area contributed by atoms with Crippen molar-refractivity contribution < 1.29 is 29.5 Å². The molecule has 2 N–H and O–H groups in total. The van der Waals surface area contributed by atoms with E-state index in [1.54, 1.807) is 13.8 Å². The van der Waals surface area contributed by atoms with Crippen molar-refractivity contribution in [3.05, 3.63) is 62.2 Å². The summed E-state index contributed by atoms with van der Waals surface area (Å²) >= 11 is 5.87. The highest BCUT2D eigenvalue weighted by atomic mass is 35.5. The first-order valence-corrected chi connectivity index (χ1v) is 9.30. The van der Waals surface area contributed by atoms with E-state index in [4.69, 9.17) is 16.3 Å². The topological polar surface area (TPSA) is 143 Å². The molecule has 11 heteroatoms. The van der Waals surface area contributed by atoms with Crippen molar-refractivity contribution in [2.24, 2.45) is 5.10 Å². The minimum absolute atomic E-state index is 0.0132. The highest BCUT2D eigenvalue weighted by molar-refractivity contribution is 6.34. The molecule has 10 nitrogen and oxygen atoms in total. The Bertz CT molecular complexity index is 1170. The zero-order valence-electron chi connectivity index (χ0n) is 16.3. The lowest BCUT2D eigenvalue weighted by atomic mass is 10.1. The van der Waals surface area contributed by atoms with Gasteiger partial charge in [0.25, 0.3) is 5.91 Å². The first kappa shape index (κ1) is 21.8. The van der Waals surface area contributed by atoms with E-state index in [9.17, 15) is 29.9 Å². The van der Waals surface area contributed by atoms with Gasteiger partial charge in [0.2, 0.25) is 5.75 Å². The van der Waals surface area contributed by atoms with Crippen LogP contribution in [0.5, 0.6) is 11.5 Å². The number of phenols is 1. The average Bonchev–Trinajstić information content (AvgIpc) is 2.98. The largest absolute Gasteiger partial charge is 0.500 e. The Balaban J connectivity index is 2.03. The molecule has 1 heterocycles. The Morgan fingerprint density at radius 3 is 2.68 bits per heavy atom. The van der Waals surface area contributed by atoms with Crippen LogP contribution < -0.4 is 9.75 Å². The number of halogens is 1. The molecule has 0 saturated carbocycles. The van der Waals surface area contributed by atoms with Crippen LogP contribution in [0, 0.1) is 10.1 Å². The summed E-state index contributed by atoms with van der Waals surface area (Å²) < 4.78 is 5.25. The normalized spacial score (nSPS) is 14.7. The molecule has 2 aromatic carbocycles. The number of carbonyl (C=O) groups is 2. The number of nitrogens with zero attached hydrogens (tertiary/aromatic N) is 3. The van der Waals surface area contributed by atoms with Gasteiger partial charge >= 0.3 is 11.7 Å². The van der Waals surface area contributed by atoms with Crippen molar-refractivity contribution in [1.82, 2.24) is 0 Å². The Labute approximate surface area is 180 Å². The van der Waals surface area contributed by atoms with E-state index >= 15 is 0 Å². The summed E-state index contributed by atoms with van der Waals surface area (Å²) in [4.78, 5) is 34.7. The van der Waals surface area contributed by atoms with Crippen molar-refractivity contribution in [1.29, 1.82) is 0 Å². The number of hydrazone groups is 1. The smallest absolute Gasteiger partial charge is 0.337 e. The number of nitro groups is 1. The van der Waals surface area contributed by atoms with E-state index in [1.165, 1.54) is 30.3 Å². The third kappa shape index (κ3) is 4.19. The van der Waals surface area contributed by atoms with Gasteiger partial charge in [-0.3, -0.25) is 14.9 Å². The number of anilines is 1. The highest BCUT2D eigenvalue weighted by Gasteiger charge is 2.30. The molecule has 1 aliphatic rings. The Morgan fingerprint density at radius 2 is 2.06 bits per heavy atom. The van der Waals surface area contributed by atoms with Gasteiger partial charge in [0.1, 0.15) is 0 Å². The molecule has 2 aromatic rings. The molecule has 0 spiro atoms. The summed E-state index contributed by atoms with van der Waals surface area (Å²) in [5.41, 5.74) is 0.127. The number of carboxylic acid groups (broad SMARTS) is 1. The molecule has 0 aromatic heterocycles. The summed E-state index contributed by atoms with van der Waals surface area (Å²) in [6, 6.07) is 6.50. The second-order valence-electron chi connectivity index (χ2n) is 6.41. The van der Waals surface area contributed by atoms with Gasteiger partial charge in [-0.25, -0.2) is 4.79 Å². The molecule has 0 atom stereocenters. The predicted molar refractivity (Wildman–Crippen MR) is 113 cm³/mol. The van der Waals surface area contributed by atoms with Crippen molar-refractivity contribution >= 4 is 46.6 Å². The van der Waals surface area contributed by atoms with Crippen LogP contribution in [0.2, 0.25) is 5.02 Å². The second-order valence-corrected chi connectivity index (χ2v) is 6.81. The van der Waals surface area contributed by atoms with E-state index in [2.05, 4.69) is 5.10 Å². The van der Waals surface area contributed by atoms with Gasteiger partial charge in [-0.1, -0.05) is 11.6 Å². The molecule has 0 aliphatic carbocycles. The number of hydrogen-bond donors (Lipinski definition) is 2. The first-order chi connectivity index (χ1) is 14.6. The van der Waals surface area contributed by atoms with Gasteiger partial charge in [-0.2, -0.15) is 10.1 Å². The fourth-order valence-electron chi connectivity index (χ4n) is 2.94. The van der Waals surface area contributed by atoms with E-state index in [-0.39, 0.29) is 39.8 Å². The van der Waals surface area contributed by atoms with Gasteiger partial charge in [0.05, 0.1) is 39.1 Å². The van der Waals surface area contributed by atoms with Crippen LogP contribution >= 0.6 is 11.6 Å². The predicted octanol–water partition coefficient (Wildman–Crippen LogP) is 3.86. The van der Waals surface area contributed by atoms with Crippen molar-refractivity contribution in [2.45, 2.75) is 13.8 Å². The van der Waals surface area contributed by atoms with Gasteiger partial charge in [0, 0.05) is 6.07 Å². The van der Waals surface area contributed by atoms with Crippen LogP contribution in [0.15, 0.2) is 41.0 Å². The van der Waals surface area contributed by atoms with Crippen molar-refractivity contribution in [3.8, 4) is 11.5 Å². The Kier molecular flexibility index (Phi) is 5.93. The molecular formula is C20H16ClN3O7. The molecule has 3 rings (SSSR count). The lowest BCUT2D eigenvalue weighted by molar-refractivity contribution is -0.386. The number of hydrogen-bond acceptors (Lipinski definition) is 7. The molecule has 1 aliphatic heterocycles. The number of amides is 1. The highest BCUT2D eigenvalue weighted by Crippen LogP contribution is 2.38. The van der Waals surface area contributed by atoms with Gasteiger partial charge < -0.3 is 14.9 Å². The molecule has 0 saturated heterocycles. The standard InChI is InChI=1S/C20H16ClN3O7/c1-3-31-17-8-11(7-16(18(17)25)24(29)30)6-13-10(2)22-23(19(13)26)12-4-5-15(21)14(9-12)20(27)28/h4-9,25H,3H2,1-2H3,(H,27,28). The second kappa shape index (κ2) is 8.44. The van der Waals surface area contributed by atoms with Gasteiger partial charge in [-0.05, 0) is 49.8 Å². The van der Waals surface area contributed by atoms with E-state index in [1.807, 2.05) is 0 Å². The number of carbonyl (C=O) groups excluding carboxylic acids is 1. The molecule has 0 bridgehead atoms. The Morgan fingerprint density at radius 1 is 1.35 bits per heavy atom. The van der Waals surface area contributed by atoms with Crippen molar-refractivity contribution in [2.75, 3.05) is 11.6 Å². The number of aromatic carboxylic acids is 1. The minimum Gasteiger partial charge on any atom is -0.500 e. The minimum atomic E-state index is -1.25. The molecule has 1 amide bonds. The van der Waals surface area contributed by atoms with Crippen LogP contribution in [0.3, 0.4) is 0 Å². The summed E-state index contributed by atoms with van der Waals surface area (Å²) in [5, 5.41) is 35.7. The summed E-state index contributed by atoms with van der Waals surface area (Å²) in [5.74, 6) is -2.52. The number of nitro benzene ring substituents is 1. The zero-order valence-corrected chi connectivity index (χ0v) is 17.1. The van der Waals surface area contributed by atoms with Crippen molar-refractivity contribution in [3.63, 3.8) is 0 Å². The molecule has 160 valence electrons. The molecule has 31 heavy (non-hydrogen) atoms. The fraction of sp³-hybridized carbons (Fsp3) is 0.150. The third-order valence-electron chi connectivity index (χ3n) is 4.37. The van der Waals surface area contributed by atoms with Gasteiger partial charge in [0.15, 0.2) is 5.75 Å². The quantitative estimate of drug-likeness (QED) is 0.390. The van der Waals surface area contributed by atoms with E-state index in [0.717, 1.165) is 11.1 Å². The van der Waals surface area contributed by atoms with Crippen LogP contribution in [0.4, 0.5) is 11.4 Å². The zero-order chi connectivity index (χ0) is 22.9. The number of carboxylic acids is 1. The van der Waals surface area contributed by atoms with Crippen LogP contribution in [-0.2, 0) is 4.79 Å². The summed E-state index contributed by atoms with van der Waals surface area (Å²) in [7, 11) is 0. The number of phenolic OH excluding ortho intramolecular Hbond substituents is 1. The lowest BCUT2D eigenvalue weighted by Crippen LogP contribution is -2.21. The maximum atomic E-state index is 12.9. The number of ether oxygens (including phenoxy) is 1. The molecule has 0 fully saturated rings. The monoisotopic (exact) mass is 445 g/mol. The van der Waals surface area contributed by atoms with Gasteiger partial charge in [-0.15, -0.1) is 0 Å². The molecular weight excluding hydrogens is 430 g/mol. The lowest BCUT2D eigenvalue weighted by Gasteiger charge is -2.13. The van der Waals surface area contributed by atoms with E-state index < -0.39 is 28.2 Å². The van der Waals surface area contributed by atoms with E-state index in [0.29, 0.717) is 5.71 Å². The van der Waals surface area contributed by atoms with Crippen LogP contribution in [0.1, 0.15) is 29.8 Å². The summed E-state index contributed by atoms with van der Waals surface area (Å²) in [6.45, 7) is 3.39. The number of benzene rings is 2. The van der Waals surface area contributed by atoms with Crippen LogP contribution in [0.25, 0.3) is 6.08 Å². The fourth-order valence-corrected chi connectivity index (χ4v) is 3.14. The molecule has 0 radical (unpaired) electrons. The Hall–Kier alpha value is -3.92. The molecule has 0 unspecified atom stereocenters. The summed E-state index contributed by atoms with van der Waals surface area (Å²) in [6.07, 6.45) is 1.38. The van der Waals surface area contributed by atoms with Crippen LogP contribution in [-0.4, -0.2) is 39.3 Å². The third-order valence-corrected chi connectivity index (χ3v) is 4.70. The number of rotatable bonds is 6. The maximum absolute atomic E-state index is 12.9. The first-order valence-electron chi connectivity index (χ1n) is 8.92. The SMILES string of the molecule is CCOc1cc(C=C2C(=O)N(c3ccc(Cl)c(C(=O)O)c3)N=C2C)cc([N+](=O)[O-])c1O. The average molecular weight is 446 g/mol. The number of aromatic hydroxyl groups is 1.